The summed E-state index contributed by atoms with van der Waals surface area (Å²) < 4.78 is 0. The van der Waals surface area contributed by atoms with Crippen molar-refractivity contribution >= 4 is 0 Å². The molecule has 0 saturated heterocycles. The lowest BCUT2D eigenvalue weighted by molar-refractivity contribution is 0.139. The minimum absolute atomic E-state index is 0.644. The van der Waals surface area contributed by atoms with E-state index in [0.29, 0.717) is 6.17 Å². The Hall–Kier alpha value is -0.660. The van der Waals surface area contributed by atoms with Crippen LogP contribution in [0.4, 0.5) is 0 Å². The molecule has 0 radical (unpaired) electrons. The van der Waals surface area contributed by atoms with E-state index in [9.17, 15) is 0 Å². The van der Waals surface area contributed by atoms with Crippen molar-refractivity contribution in [3.63, 3.8) is 0 Å². The number of hydrogen-bond donors (Lipinski definition) is 0. The van der Waals surface area contributed by atoms with Crippen LogP contribution in [-0.4, -0.2) is 29.1 Å². The quantitative estimate of drug-likeness (QED) is 0.399. The van der Waals surface area contributed by atoms with Crippen LogP contribution in [0.5, 0.6) is 0 Å². The van der Waals surface area contributed by atoms with E-state index in [2.05, 4.69) is 43.0 Å². The van der Waals surface area contributed by atoms with Crippen LogP contribution < -0.4 is 0 Å². The molecule has 1 heterocycles. The summed E-state index contributed by atoms with van der Waals surface area (Å²) in [5.74, 6) is 0. The highest BCUT2D eigenvalue weighted by Crippen LogP contribution is 2.22. The highest BCUT2D eigenvalue weighted by atomic mass is 15.4. The van der Waals surface area contributed by atoms with Gasteiger partial charge in [0, 0.05) is 25.5 Å². The summed E-state index contributed by atoms with van der Waals surface area (Å²) >= 11 is 0. The van der Waals surface area contributed by atoms with E-state index in [4.69, 9.17) is 0 Å². The summed E-state index contributed by atoms with van der Waals surface area (Å²) in [6.07, 6.45) is 20.5. The van der Waals surface area contributed by atoms with E-state index in [-0.39, 0.29) is 0 Å². The molecule has 0 aromatic carbocycles. The molecule has 21 heavy (non-hydrogen) atoms. The van der Waals surface area contributed by atoms with Crippen LogP contribution in [0.15, 0.2) is 12.4 Å². The van der Waals surface area contributed by atoms with Crippen molar-refractivity contribution in [2.45, 2.75) is 97.6 Å². The maximum atomic E-state index is 2.55. The number of unbranched alkanes of at least 4 members (excludes halogenated alkanes) is 7. The average Bonchev–Trinajstić information content (AvgIpc) is 2.85. The SMILES string of the molecule is CCCCCCCCCCC1N(CCC)C=CN1CCC. The Bertz CT molecular complexity index is 246. The smallest absolute Gasteiger partial charge is 0.101 e. The zero-order chi connectivity index (χ0) is 15.3. The summed E-state index contributed by atoms with van der Waals surface area (Å²) in [4.78, 5) is 5.10. The van der Waals surface area contributed by atoms with Gasteiger partial charge in [-0.25, -0.2) is 0 Å². The number of rotatable bonds is 13. The van der Waals surface area contributed by atoms with Crippen LogP contribution in [0.2, 0.25) is 0 Å². The van der Waals surface area contributed by atoms with Gasteiger partial charge in [0.1, 0.15) is 6.17 Å². The fourth-order valence-corrected chi connectivity index (χ4v) is 3.32. The van der Waals surface area contributed by atoms with Crippen molar-refractivity contribution in [1.29, 1.82) is 0 Å². The lowest BCUT2D eigenvalue weighted by Crippen LogP contribution is -2.39. The Labute approximate surface area is 133 Å². The van der Waals surface area contributed by atoms with Crippen LogP contribution >= 0.6 is 0 Å². The first kappa shape index (κ1) is 18.4. The minimum atomic E-state index is 0.644. The molecule has 0 aromatic rings. The molecule has 0 N–H and O–H groups in total. The van der Waals surface area contributed by atoms with E-state index in [1.807, 2.05) is 0 Å². The van der Waals surface area contributed by atoms with E-state index in [1.54, 1.807) is 0 Å². The van der Waals surface area contributed by atoms with Gasteiger partial charge in [-0.1, -0.05) is 65.7 Å². The molecule has 0 amide bonds. The first-order valence-corrected chi connectivity index (χ1v) is 9.53. The fraction of sp³-hybridized carbons (Fsp3) is 0.895. The lowest BCUT2D eigenvalue weighted by Gasteiger charge is -2.32. The van der Waals surface area contributed by atoms with Gasteiger partial charge in [-0.05, 0) is 25.7 Å². The summed E-state index contributed by atoms with van der Waals surface area (Å²) in [6, 6.07) is 0. The van der Waals surface area contributed by atoms with Gasteiger partial charge in [0.15, 0.2) is 0 Å². The van der Waals surface area contributed by atoms with Crippen molar-refractivity contribution < 1.29 is 0 Å². The minimum Gasteiger partial charge on any atom is -0.356 e. The maximum Gasteiger partial charge on any atom is 0.101 e. The van der Waals surface area contributed by atoms with E-state index in [1.165, 1.54) is 83.7 Å². The average molecular weight is 295 g/mol. The van der Waals surface area contributed by atoms with Crippen molar-refractivity contribution in [3.05, 3.63) is 12.4 Å². The highest BCUT2D eigenvalue weighted by Gasteiger charge is 2.24. The third-order valence-corrected chi connectivity index (χ3v) is 4.49. The zero-order valence-corrected chi connectivity index (χ0v) is 14.8. The molecule has 2 nitrogen and oxygen atoms in total. The van der Waals surface area contributed by atoms with Crippen molar-refractivity contribution in [3.8, 4) is 0 Å². The van der Waals surface area contributed by atoms with Crippen molar-refractivity contribution in [2.24, 2.45) is 0 Å². The van der Waals surface area contributed by atoms with Gasteiger partial charge in [-0.15, -0.1) is 0 Å². The molecule has 0 saturated carbocycles. The summed E-state index contributed by atoms with van der Waals surface area (Å²) in [5.41, 5.74) is 0. The molecule has 0 aromatic heterocycles. The third-order valence-electron chi connectivity index (χ3n) is 4.49. The molecule has 0 bridgehead atoms. The van der Waals surface area contributed by atoms with Gasteiger partial charge in [-0.3, -0.25) is 0 Å². The van der Waals surface area contributed by atoms with Crippen LogP contribution in [-0.2, 0) is 0 Å². The zero-order valence-electron chi connectivity index (χ0n) is 14.8. The molecular formula is C19H38N2. The summed E-state index contributed by atoms with van der Waals surface area (Å²) in [7, 11) is 0. The maximum absolute atomic E-state index is 2.55. The monoisotopic (exact) mass is 294 g/mol. The second-order valence-corrected chi connectivity index (χ2v) is 6.52. The first-order chi connectivity index (χ1) is 10.3. The highest BCUT2D eigenvalue weighted by molar-refractivity contribution is 4.96. The third kappa shape index (κ3) is 7.24. The topological polar surface area (TPSA) is 6.48 Å². The Kier molecular flexibility index (Phi) is 10.5. The molecule has 1 aliphatic heterocycles. The van der Waals surface area contributed by atoms with Gasteiger partial charge in [0.05, 0.1) is 0 Å². The molecule has 1 aliphatic rings. The number of nitrogens with zero attached hydrogens (tertiary/aromatic N) is 2. The van der Waals surface area contributed by atoms with E-state index < -0.39 is 0 Å². The molecule has 0 aliphatic carbocycles. The van der Waals surface area contributed by atoms with Crippen LogP contribution in [0.1, 0.15) is 91.4 Å². The van der Waals surface area contributed by atoms with Crippen LogP contribution in [0, 0.1) is 0 Å². The molecule has 2 heteroatoms. The largest absolute Gasteiger partial charge is 0.356 e. The van der Waals surface area contributed by atoms with Crippen molar-refractivity contribution in [2.75, 3.05) is 13.1 Å². The van der Waals surface area contributed by atoms with Gasteiger partial charge in [-0.2, -0.15) is 0 Å². The van der Waals surface area contributed by atoms with Crippen LogP contribution in [0.25, 0.3) is 0 Å². The molecule has 0 unspecified atom stereocenters. The molecular weight excluding hydrogens is 256 g/mol. The van der Waals surface area contributed by atoms with Gasteiger partial charge >= 0.3 is 0 Å². The second kappa shape index (κ2) is 11.9. The molecule has 0 atom stereocenters. The summed E-state index contributed by atoms with van der Waals surface area (Å²) in [5, 5.41) is 0. The normalized spacial score (nSPS) is 15.4. The Morgan fingerprint density at radius 3 is 1.57 bits per heavy atom. The Morgan fingerprint density at radius 2 is 1.10 bits per heavy atom. The standard InChI is InChI=1S/C19H38N2/c1-4-7-8-9-10-11-12-13-14-19-20(15-5-2)17-18-21(19)16-6-3/h17-19H,4-16H2,1-3H3. The summed E-state index contributed by atoms with van der Waals surface area (Å²) in [6.45, 7) is 9.27. The molecule has 0 spiro atoms. The lowest BCUT2D eigenvalue weighted by atomic mass is 10.1. The van der Waals surface area contributed by atoms with E-state index in [0.717, 1.165) is 0 Å². The molecule has 1 rings (SSSR count). The molecule has 0 fully saturated rings. The second-order valence-electron chi connectivity index (χ2n) is 6.52. The van der Waals surface area contributed by atoms with Gasteiger partial charge < -0.3 is 9.80 Å². The van der Waals surface area contributed by atoms with Crippen molar-refractivity contribution in [1.82, 2.24) is 9.80 Å². The number of hydrogen-bond acceptors (Lipinski definition) is 2. The predicted molar refractivity (Wildman–Crippen MR) is 94.1 cm³/mol. The van der Waals surface area contributed by atoms with E-state index >= 15 is 0 Å². The predicted octanol–water partition coefficient (Wildman–Crippen LogP) is 5.75. The fourth-order valence-electron chi connectivity index (χ4n) is 3.32. The Morgan fingerprint density at radius 1 is 0.619 bits per heavy atom. The molecule has 124 valence electrons. The van der Waals surface area contributed by atoms with Gasteiger partial charge in [0.2, 0.25) is 0 Å². The van der Waals surface area contributed by atoms with Gasteiger partial charge in [0.25, 0.3) is 0 Å². The van der Waals surface area contributed by atoms with Crippen LogP contribution in [0.3, 0.4) is 0 Å². The first-order valence-electron chi connectivity index (χ1n) is 9.53. The Balaban J connectivity index is 2.15.